The van der Waals surface area contributed by atoms with E-state index in [1.54, 1.807) is 13.2 Å². The SMILES string of the molecule is COc1ccc(C2=N/C(=C/c3ccc(N(C)C)cc3)C(=O)N2)cc1. The summed E-state index contributed by atoms with van der Waals surface area (Å²) in [6.45, 7) is 0. The Morgan fingerprint density at radius 1 is 1.04 bits per heavy atom. The molecule has 1 aliphatic heterocycles. The van der Waals surface area contributed by atoms with Gasteiger partial charge in [0.2, 0.25) is 0 Å². The topological polar surface area (TPSA) is 53.9 Å². The smallest absolute Gasteiger partial charge is 0.275 e. The van der Waals surface area contributed by atoms with E-state index in [2.05, 4.69) is 10.3 Å². The van der Waals surface area contributed by atoms with E-state index < -0.39 is 0 Å². The van der Waals surface area contributed by atoms with E-state index in [1.165, 1.54) is 0 Å². The van der Waals surface area contributed by atoms with Crippen molar-refractivity contribution in [1.29, 1.82) is 0 Å². The van der Waals surface area contributed by atoms with Gasteiger partial charge in [-0.2, -0.15) is 0 Å². The average Bonchev–Trinajstić information content (AvgIpc) is 2.96. The molecular weight excluding hydrogens is 302 g/mol. The maximum atomic E-state index is 12.1. The minimum Gasteiger partial charge on any atom is -0.497 e. The Morgan fingerprint density at radius 2 is 1.71 bits per heavy atom. The first kappa shape index (κ1) is 15.8. The number of methoxy groups -OCH3 is 1. The van der Waals surface area contributed by atoms with Gasteiger partial charge in [-0.25, -0.2) is 4.99 Å². The van der Waals surface area contributed by atoms with Crippen LogP contribution in [-0.4, -0.2) is 32.9 Å². The van der Waals surface area contributed by atoms with E-state index >= 15 is 0 Å². The van der Waals surface area contributed by atoms with Crippen LogP contribution in [0.2, 0.25) is 0 Å². The highest BCUT2D eigenvalue weighted by atomic mass is 16.5. The lowest BCUT2D eigenvalue weighted by Crippen LogP contribution is -2.24. The monoisotopic (exact) mass is 321 g/mol. The van der Waals surface area contributed by atoms with Crippen LogP contribution in [0.15, 0.2) is 59.2 Å². The third-order valence-corrected chi connectivity index (χ3v) is 3.77. The van der Waals surface area contributed by atoms with Gasteiger partial charge >= 0.3 is 0 Å². The molecular formula is C19H19N3O2. The molecule has 1 aliphatic rings. The lowest BCUT2D eigenvalue weighted by atomic mass is 10.1. The van der Waals surface area contributed by atoms with Crippen LogP contribution in [0.3, 0.4) is 0 Å². The number of aliphatic imine (C=N–C) groups is 1. The summed E-state index contributed by atoms with van der Waals surface area (Å²) in [5.74, 6) is 1.12. The Balaban J connectivity index is 1.85. The molecule has 1 amide bonds. The van der Waals surface area contributed by atoms with Gasteiger partial charge in [0, 0.05) is 25.3 Å². The van der Waals surface area contributed by atoms with Gasteiger partial charge in [0.05, 0.1) is 7.11 Å². The third-order valence-electron chi connectivity index (χ3n) is 3.77. The number of amides is 1. The number of carbonyl (C=O) groups excluding carboxylic acids is 1. The fraction of sp³-hybridized carbons (Fsp3) is 0.158. The molecule has 0 aliphatic carbocycles. The highest BCUT2D eigenvalue weighted by molar-refractivity contribution is 6.19. The van der Waals surface area contributed by atoms with Crippen molar-refractivity contribution in [2.45, 2.75) is 0 Å². The minimum absolute atomic E-state index is 0.197. The maximum Gasteiger partial charge on any atom is 0.275 e. The van der Waals surface area contributed by atoms with Crippen LogP contribution >= 0.6 is 0 Å². The van der Waals surface area contributed by atoms with Crippen LogP contribution in [0, 0.1) is 0 Å². The molecule has 0 saturated heterocycles. The first-order valence-electron chi connectivity index (χ1n) is 7.60. The molecule has 1 heterocycles. The van der Waals surface area contributed by atoms with Gasteiger partial charge in [-0.05, 0) is 48.0 Å². The molecule has 0 spiro atoms. The predicted molar refractivity (Wildman–Crippen MR) is 96.4 cm³/mol. The van der Waals surface area contributed by atoms with Gasteiger partial charge in [-0.1, -0.05) is 12.1 Å². The van der Waals surface area contributed by atoms with Crippen molar-refractivity contribution in [3.8, 4) is 5.75 Å². The number of ether oxygens (including phenoxy) is 1. The van der Waals surface area contributed by atoms with Gasteiger partial charge in [-0.3, -0.25) is 4.79 Å². The van der Waals surface area contributed by atoms with Crippen LogP contribution in [0.5, 0.6) is 5.75 Å². The number of anilines is 1. The second-order valence-electron chi connectivity index (χ2n) is 5.66. The number of hydrogen-bond acceptors (Lipinski definition) is 4. The third kappa shape index (κ3) is 3.30. The molecule has 5 nitrogen and oxygen atoms in total. The van der Waals surface area contributed by atoms with E-state index in [0.717, 1.165) is 22.6 Å². The minimum atomic E-state index is -0.197. The van der Waals surface area contributed by atoms with Crippen molar-refractivity contribution in [1.82, 2.24) is 5.32 Å². The van der Waals surface area contributed by atoms with Gasteiger partial charge in [0.1, 0.15) is 17.3 Å². The first-order chi connectivity index (χ1) is 11.6. The molecule has 2 aromatic carbocycles. The Bertz CT molecular complexity index is 804. The van der Waals surface area contributed by atoms with Crippen molar-refractivity contribution in [3.05, 3.63) is 65.4 Å². The van der Waals surface area contributed by atoms with Crippen molar-refractivity contribution < 1.29 is 9.53 Å². The van der Waals surface area contributed by atoms with Crippen molar-refractivity contribution in [2.75, 3.05) is 26.1 Å². The predicted octanol–water partition coefficient (Wildman–Crippen LogP) is 2.68. The van der Waals surface area contributed by atoms with Gasteiger partial charge < -0.3 is 15.0 Å². The number of hydrogen-bond donors (Lipinski definition) is 1. The second-order valence-corrected chi connectivity index (χ2v) is 5.66. The summed E-state index contributed by atoms with van der Waals surface area (Å²) in [4.78, 5) is 18.6. The molecule has 0 atom stereocenters. The Hall–Kier alpha value is -3.08. The van der Waals surface area contributed by atoms with Crippen LogP contribution in [-0.2, 0) is 4.79 Å². The fourth-order valence-corrected chi connectivity index (χ4v) is 2.38. The summed E-state index contributed by atoms with van der Waals surface area (Å²) in [6, 6.07) is 15.4. The van der Waals surface area contributed by atoms with E-state index in [4.69, 9.17) is 4.74 Å². The number of amidine groups is 1. The molecule has 0 saturated carbocycles. The zero-order valence-electron chi connectivity index (χ0n) is 13.9. The number of nitrogens with one attached hydrogen (secondary N) is 1. The fourth-order valence-electron chi connectivity index (χ4n) is 2.38. The largest absolute Gasteiger partial charge is 0.497 e. The number of benzene rings is 2. The van der Waals surface area contributed by atoms with Crippen LogP contribution in [0.25, 0.3) is 6.08 Å². The molecule has 2 aromatic rings. The Labute approximate surface area is 141 Å². The summed E-state index contributed by atoms with van der Waals surface area (Å²) >= 11 is 0. The highest BCUT2D eigenvalue weighted by Crippen LogP contribution is 2.19. The van der Waals surface area contributed by atoms with E-state index in [9.17, 15) is 4.79 Å². The van der Waals surface area contributed by atoms with Crippen molar-refractivity contribution in [2.24, 2.45) is 4.99 Å². The van der Waals surface area contributed by atoms with Crippen LogP contribution < -0.4 is 15.0 Å². The highest BCUT2D eigenvalue weighted by Gasteiger charge is 2.21. The van der Waals surface area contributed by atoms with Gasteiger partial charge in [0.15, 0.2) is 0 Å². The van der Waals surface area contributed by atoms with Crippen LogP contribution in [0.1, 0.15) is 11.1 Å². The van der Waals surface area contributed by atoms with Gasteiger partial charge in [-0.15, -0.1) is 0 Å². The summed E-state index contributed by atoms with van der Waals surface area (Å²) in [5, 5.41) is 2.80. The lowest BCUT2D eigenvalue weighted by molar-refractivity contribution is -0.115. The normalized spacial score (nSPS) is 15.2. The summed E-state index contributed by atoms with van der Waals surface area (Å²) < 4.78 is 5.14. The first-order valence-corrected chi connectivity index (χ1v) is 7.60. The average molecular weight is 321 g/mol. The molecule has 5 heteroatoms. The molecule has 0 fully saturated rings. The maximum absolute atomic E-state index is 12.1. The zero-order chi connectivity index (χ0) is 17.1. The molecule has 122 valence electrons. The number of nitrogens with zero attached hydrogens (tertiary/aromatic N) is 2. The standard InChI is InChI=1S/C19H19N3O2/c1-22(2)15-8-4-13(5-9-15)12-17-19(23)21-18(20-17)14-6-10-16(24-3)11-7-14/h4-12H,1-3H3,(H,20,21,23)/b17-12+. The molecule has 0 unspecified atom stereocenters. The molecule has 0 aromatic heterocycles. The summed E-state index contributed by atoms with van der Waals surface area (Å²) in [6.07, 6.45) is 1.78. The zero-order valence-corrected chi connectivity index (χ0v) is 13.9. The number of rotatable bonds is 4. The van der Waals surface area contributed by atoms with E-state index in [-0.39, 0.29) is 5.91 Å². The lowest BCUT2D eigenvalue weighted by Gasteiger charge is -2.11. The van der Waals surface area contributed by atoms with Gasteiger partial charge in [0.25, 0.3) is 5.91 Å². The summed E-state index contributed by atoms with van der Waals surface area (Å²) in [7, 11) is 5.60. The molecule has 1 N–H and O–H groups in total. The Morgan fingerprint density at radius 3 is 2.29 bits per heavy atom. The molecule has 0 radical (unpaired) electrons. The van der Waals surface area contributed by atoms with Crippen molar-refractivity contribution >= 4 is 23.5 Å². The van der Waals surface area contributed by atoms with Crippen molar-refractivity contribution in [3.63, 3.8) is 0 Å². The summed E-state index contributed by atoms with van der Waals surface area (Å²) in [5.41, 5.74) is 3.29. The molecule has 0 bridgehead atoms. The quantitative estimate of drug-likeness (QED) is 0.881. The van der Waals surface area contributed by atoms with E-state index in [1.807, 2.05) is 67.5 Å². The molecule has 3 rings (SSSR count). The Kier molecular flexibility index (Phi) is 4.33. The second kappa shape index (κ2) is 6.58. The van der Waals surface area contributed by atoms with E-state index in [0.29, 0.717) is 11.5 Å². The molecule has 24 heavy (non-hydrogen) atoms. The van der Waals surface area contributed by atoms with Crippen LogP contribution in [0.4, 0.5) is 5.69 Å². The number of carbonyl (C=O) groups is 1.